The Labute approximate surface area is 149 Å². The predicted octanol–water partition coefficient (Wildman–Crippen LogP) is 2.02. The number of nitrogens with one attached hydrogen (secondary N) is 2. The molecule has 0 unspecified atom stereocenters. The largest absolute Gasteiger partial charge is 0.336 e. The molecule has 0 bridgehead atoms. The van der Waals surface area contributed by atoms with Crippen LogP contribution in [-0.4, -0.2) is 68.2 Å². The Morgan fingerprint density at radius 1 is 1.36 bits per heavy atom. The molecule has 2 aliphatic heterocycles. The molecule has 2 N–H and O–H groups in total. The second-order valence-corrected chi connectivity index (χ2v) is 7.07. The lowest BCUT2D eigenvalue weighted by molar-refractivity contribution is 0.113. The summed E-state index contributed by atoms with van der Waals surface area (Å²) in [6, 6.07) is 7.46. The van der Waals surface area contributed by atoms with Crippen molar-refractivity contribution in [3.63, 3.8) is 0 Å². The molecule has 2 saturated heterocycles. The first-order valence-electron chi connectivity index (χ1n) is 8.83. The van der Waals surface area contributed by atoms with Crippen LogP contribution < -0.4 is 15.5 Å². The third-order valence-electron chi connectivity index (χ3n) is 5.15. The molecule has 0 radical (unpaired) electrons. The zero-order chi connectivity index (χ0) is 18.0. The first-order chi connectivity index (χ1) is 12.0. The predicted molar refractivity (Wildman–Crippen MR) is 99.0 cm³/mol. The maximum atomic E-state index is 12.6. The van der Waals surface area contributed by atoms with Crippen LogP contribution in [0.5, 0.6) is 0 Å². The molecule has 25 heavy (non-hydrogen) atoms. The molecule has 0 saturated carbocycles. The normalized spacial score (nSPS) is 24.1. The van der Waals surface area contributed by atoms with Crippen molar-refractivity contribution >= 4 is 23.4 Å². The van der Waals surface area contributed by atoms with E-state index in [-0.39, 0.29) is 18.1 Å². The molecule has 4 amide bonds. The highest BCUT2D eigenvalue weighted by atomic mass is 16.2. The van der Waals surface area contributed by atoms with Crippen LogP contribution in [0.2, 0.25) is 0 Å². The van der Waals surface area contributed by atoms with E-state index in [1.165, 1.54) is 0 Å². The molecule has 0 spiro atoms. The molecular formula is C18H27N5O2. The summed E-state index contributed by atoms with van der Waals surface area (Å²) in [5.74, 6) is 0.439. The molecule has 0 aromatic heterocycles. The summed E-state index contributed by atoms with van der Waals surface area (Å²) in [6.45, 7) is 5.49. The SMILES string of the molecule is C[C@@H]1CN(C)CC[C@H]1N(C)C(=O)Nc1cccc(N2CCNC2=O)c1. The molecule has 2 heterocycles. The van der Waals surface area contributed by atoms with Gasteiger partial charge in [-0.05, 0) is 44.1 Å². The minimum atomic E-state index is -0.107. The van der Waals surface area contributed by atoms with Gasteiger partial charge >= 0.3 is 12.1 Å². The molecule has 7 nitrogen and oxygen atoms in total. The number of anilines is 2. The van der Waals surface area contributed by atoms with Crippen LogP contribution in [-0.2, 0) is 0 Å². The van der Waals surface area contributed by atoms with E-state index in [1.807, 2.05) is 36.2 Å². The van der Waals surface area contributed by atoms with E-state index in [2.05, 4.69) is 29.5 Å². The van der Waals surface area contributed by atoms with Gasteiger partial charge in [0.15, 0.2) is 0 Å². The molecule has 2 atom stereocenters. The van der Waals surface area contributed by atoms with Gasteiger partial charge in [-0.3, -0.25) is 4.90 Å². The standard InChI is InChI=1S/C18H27N5O2/c1-13-12-21(2)9-7-16(13)22(3)18(25)20-14-5-4-6-15(11-14)23-10-8-19-17(23)24/h4-6,11,13,16H,7-10,12H2,1-3H3,(H,19,24)(H,20,25)/t13-,16-/m1/s1. The summed E-state index contributed by atoms with van der Waals surface area (Å²) < 4.78 is 0. The Hall–Kier alpha value is -2.28. The molecule has 1 aromatic rings. The molecule has 1 aromatic carbocycles. The molecule has 2 fully saturated rings. The highest BCUT2D eigenvalue weighted by Gasteiger charge is 2.30. The van der Waals surface area contributed by atoms with Gasteiger partial charge in [0.2, 0.25) is 0 Å². The van der Waals surface area contributed by atoms with Crippen LogP contribution in [0.3, 0.4) is 0 Å². The zero-order valence-corrected chi connectivity index (χ0v) is 15.2. The van der Waals surface area contributed by atoms with Crippen molar-refractivity contribution in [2.45, 2.75) is 19.4 Å². The van der Waals surface area contributed by atoms with Crippen LogP contribution in [0.25, 0.3) is 0 Å². The number of hydrogen-bond acceptors (Lipinski definition) is 3. The van der Waals surface area contributed by atoms with Crippen molar-refractivity contribution < 1.29 is 9.59 Å². The Morgan fingerprint density at radius 3 is 2.84 bits per heavy atom. The summed E-state index contributed by atoms with van der Waals surface area (Å²) in [5.41, 5.74) is 1.50. The van der Waals surface area contributed by atoms with Gasteiger partial charge in [-0.25, -0.2) is 9.59 Å². The maximum absolute atomic E-state index is 12.6. The average Bonchev–Trinajstić information content (AvgIpc) is 3.00. The lowest BCUT2D eigenvalue weighted by Crippen LogP contribution is -2.50. The van der Waals surface area contributed by atoms with E-state index in [1.54, 1.807) is 4.90 Å². The quantitative estimate of drug-likeness (QED) is 0.881. The van der Waals surface area contributed by atoms with Gasteiger partial charge < -0.3 is 20.4 Å². The van der Waals surface area contributed by atoms with Gasteiger partial charge in [0.05, 0.1) is 0 Å². The van der Waals surface area contributed by atoms with Crippen LogP contribution in [0.4, 0.5) is 21.0 Å². The second-order valence-electron chi connectivity index (χ2n) is 7.07. The summed E-state index contributed by atoms with van der Waals surface area (Å²) in [4.78, 5) is 30.2. The summed E-state index contributed by atoms with van der Waals surface area (Å²) in [6.07, 6.45) is 0.982. The Morgan fingerprint density at radius 2 is 2.16 bits per heavy atom. The van der Waals surface area contributed by atoms with Crippen molar-refractivity contribution in [1.82, 2.24) is 15.1 Å². The van der Waals surface area contributed by atoms with E-state index in [0.717, 1.165) is 25.2 Å². The van der Waals surface area contributed by atoms with Gasteiger partial charge in [-0.15, -0.1) is 0 Å². The van der Waals surface area contributed by atoms with Crippen LogP contribution >= 0.6 is 0 Å². The van der Waals surface area contributed by atoms with Crippen molar-refractivity contribution in [3.05, 3.63) is 24.3 Å². The van der Waals surface area contributed by atoms with E-state index in [9.17, 15) is 9.59 Å². The Bertz CT molecular complexity index is 650. The monoisotopic (exact) mass is 345 g/mol. The lowest BCUT2D eigenvalue weighted by atomic mass is 9.93. The number of carbonyl (C=O) groups is 2. The van der Waals surface area contributed by atoms with Gasteiger partial charge in [0, 0.05) is 44.1 Å². The summed E-state index contributed by atoms with van der Waals surface area (Å²) in [7, 11) is 3.98. The third kappa shape index (κ3) is 3.87. The Balaban J connectivity index is 1.65. The highest BCUT2D eigenvalue weighted by Crippen LogP contribution is 2.23. The van der Waals surface area contributed by atoms with Crippen molar-refractivity contribution in [1.29, 1.82) is 0 Å². The molecule has 2 aliphatic rings. The topological polar surface area (TPSA) is 67.9 Å². The second kappa shape index (κ2) is 7.31. The van der Waals surface area contributed by atoms with E-state index in [4.69, 9.17) is 0 Å². The number of carbonyl (C=O) groups excluding carboxylic acids is 2. The number of likely N-dealkylation sites (tertiary alicyclic amines) is 1. The number of urea groups is 2. The smallest absolute Gasteiger partial charge is 0.321 e. The molecule has 3 rings (SSSR count). The zero-order valence-electron chi connectivity index (χ0n) is 15.2. The molecule has 0 aliphatic carbocycles. The lowest BCUT2D eigenvalue weighted by Gasteiger charge is -2.39. The number of benzene rings is 1. The fraction of sp³-hybridized carbons (Fsp3) is 0.556. The number of hydrogen-bond donors (Lipinski definition) is 2. The third-order valence-corrected chi connectivity index (χ3v) is 5.15. The van der Waals surface area contributed by atoms with Crippen LogP contribution in [0.1, 0.15) is 13.3 Å². The van der Waals surface area contributed by atoms with Gasteiger partial charge in [0.1, 0.15) is 0 Å². The summed E-state index contributed by atoms with van der Waals surface area (Å²) >= 11 is 0. The number of piperidine rings is 1. The molecule has 136 valence electrons. The van der Waals surface area contributed by atoms with Gasteiger partial charge in [-0.1, -0.05) is 13.0 Å². The van der Waals surface area contributed by atoms with E-state index in [0.29, 0.717) is 24.7 Å². The van der Waals surface area contributed by atoms with E-state index < -0.39 is 0 Å². The average molecular weight is 345 g/mol. The number of rotatable bonds is 3. The summed E-state index contributed by atoms with van der Waals surface area (Å²) in [5, 5.41) is 5.75. The Kier molecular flexibility index (Phi) is 5.13. The first kappa shape index (κ1) is 17.5. The fourth-order valence-electron chi connectivity index (χ4n) is 3.75. The minimum absolute atomic E-state index is 0.0965. The van der Waals surface area contributed by atoms with Crippen molar-refractivity contribution in [2.75, 3.05) is 50.5 Å². The van der Waals surface area contributed by atoms with Gasteiger partial charge in [0.25, 0.3) is 0 Å². The highest BCUT2D eigenvalue weighted by molar-refractivity contribution is 5.95. The number of nitrogens with zero attached hydrogens (tertiary/aromatic N) is 3. The van der Waals surface area contributed by atoms with Crippen LogP contribution in [0, 0.1) is 5.92 Å². The van der Waals surface area contributed by atoms with Crippen LogP contribution in [0.15, 0.2) is 24.3 Å². The van der Waals surface area contributed by atoms with Gasteiger partial charge in [-0.2, -0.15) is 0 Å². The fourth-order valence-corrected chi connectivity index (χ4v) is 3.75. The van der Waals surface area contributed by atoms with E-state index >= 15 is 0 Å². The molecular weight excluding hydrogens is 318 g/mol. The maximum Gasteiger partial charge on any atom is 0.321 e. The minimum Gasteiger partial charge on any atom is -0.336 e. The molecule has 7 heteroatoms. The van der Waals surface area contributed by atoms with Crippen molar-refractivity contribution in [2.24, 2.45) is 5.92 Å². The first-order valence-corrected chi connectivity index (χ1v) is 8.83. The number of amides is 4. The van der Waals surface area contributed by atoms with Crippen molar-refractivity contribution in [3.8, 4) is 0 Å².